The van der Waals surface area contributed by atoms with Crippen LogP contribution in [0.3, 0.4) is 0 Å². The zero-order valence-corrected chi connectivity index (χ0v) is 19.3. The normalized spacial score (nSPS) is 37.3. The van der Waals surface area contributed by atoms with Gasteiger partial charge in [-0.2, -0.15) is 0 Å². The minimum Gasteiger partial charge on any atom is -0.462 e. The van der Waals surface area contributed by atoms with Crippen LogP contribution in [0, 0.1) is 41.4 Å². The summed E-state index contributed by atoms with van der Waals surface area (Å²) in [5, 5.41) is 2.94. The van der Waals surface area contributed by atoms with Crippen LogP contribution in [0.1, 0.15) is 49.4 Å². The van der Waals surface area contributed by atoms with Crippen LogP contribution in [0.15, 0.2) is 36.4 Å². The number of carbonyl (C=O) groups is 4. The number of hydrogen-bond acceptors (Lipinski definition) is 5. The Kier molecular flexibility index (Phi) is 5.12. The summed E-state index contributed by atoms with van der Waals surface area (Å²) >= 11 is 0. The van der Waals surface area contributed by atoms with Gasteiger partial charge in [0, 0.05) is 17.6 Å². The van der Waals surface area contributed by atoms with Gasteiger partial charge in [0.05, 0.1) is 24.0 Å². The van der Waals surface area contributed by atoms with E-state index in [1.54, 1.807) is 36.1 Å². The van der Waals surface area contributed by atoms with E-state index in [0.717, 1.165) is 0 Å². The molecule has 1 aromatic rings. The van der Waals surface area contributed by atoms with Crippen LogP contribution >= 0.6 is 0 Å². The molecular formula is C27H30N2O5. The van der Waals surface area contributed by atoms with E-state index in [1.807, 2.05) is 0 Å². The van der Waals surface area contributed by atoms with Crippen molar-refractivity contribution in [2.24, 2.45) is 41.4 Å². The molecule has 7 nitrogen and oxygen atoms in total. The van der Waals surface area contributed by atoms with Gasteiger partial charge in [-0.25, -0.2) is 4.79 Å². The molecule has 0 unspecified atom stereocenters. The number of nitrogens with zero attached hydrogens (tertiary/aromatic N) is 1. The SMILES string of the molecule is CCOC(=O)c1ccc(NC(=O)C2CCC(N3C(=O)[C@@H]4[C@@H]5C=C[C@H]([C@@H]6C[C@H]56)[C@@H]4C3=O)CC2)cc1. The average Bonchev–Trinajstić information content (AvgIpc) is 3.63. The number of carbonyl (C=O) groups excluding carboxylic acids is 4. The molecule has 34 heavy (non-hydrogen) atoms. The van der Waals surface area contributed by atoms with Crippen molar-refractivity contribution in [1.82, 2.24) is 4.90 Å². The fourth-order valence-corrected chi connectivity index (χ4v) is 7.08. The molecule has 5 aliphatic carbocycles. The Morgan fingerprint density at radius 3 is 2.09 bits per heavy atom. The molecule has 1 N–H and O–H groups in total. The molecule has 0 spiro atoms. The molecule has 1 aromatic carbocycles. The van der Waals surface area contributed by atoms with Crippen molar-refractivity contribution < 1.29 is 23.9 Å². The number of anilines is 1. The topological polar surface area (TPSA) is 92.8 Å². The second-order valence-corrected chi connectivity index (χ2v) is 10.5. The molecule has 3 saturated carbocycles. The lowest BCUT2D eigenvalue weighted by Crippen LogP contribution is -2.44. The summed E-state index contributed by atoms with van der Waals surface area (Å²) in [6, 6.07) is 6.59. The molecule has 6 aliphatic rings. The summed E-state index contributed by atoms with van der Waals surface area (Å²) in [5.74, 6) is 0.901. The van der Waals surface area contributed by atoms with E-state index >= 15 is 0 Å². The maximum Gasteiger partial charge on any atom is 0.338 e. The Labute approximate surface area is 198 Å². The van der Waals surface area contributed by atoms with Crippen molar-refractivity contribution in [1.29, 1.82) is 0 Å². The monoisotopic (exact) mass is 462 g/mol. The standard InChI is InChI=1S/C27H30N2O5/c1-2-34-27(33)15-3-7-16(8-4-15)28-24(30)14-5-9-17(10-6-14)29-25(31)22-18-11-12-19(21-13-20(18)21)23(22)26(29)32/h3-4,7-8,11-12,14,17-23H,2,5-6,9-10,13H2,1H3,(H,28,30)/t14?,17?,18-,19-,20-,21+,22-,23+/m1/s1. The van der Waals surface area contributed by atoms with Gasteiger partial charge in [-0.1, -0.05) is 12.2 Å². The van der Waals surface area contributed by atoms with Crippen LogP contribution in [0.5, 0.6) is 0 Å². The summed E-state index contributed by atoms with van der Waals surface area (Å²) in [6.07, 6.45) is 8.23. The van der Waals surface area contributed by atoms with Gasteiger partial charge in [-0.15, -0.1) is 0 Å². The molecule has 178 valence electrons. The summed E-state index contributed by atoms with van der Waals surface area (Å²) in [6.45, 7) is 2.07. The van der Waals surface area contributed by atoms with E-state index in [0.29, 0.717) is 55.4 Å². The number of amides is 3. The number of likely N-dealkylation sites (tertiary alicyclic amines) is 1. The number of imide groups is 1. The second kappa shape index (κ2) is 8.07. The van der Waals surface area contributed by atoms with E-state index in [1.165, 1.54) is 6.42 Å². The van der Waals surface area contributed by atoms with Gasteiger partial charge in [0.25, 0.3) is 0 Å². The van der Waals surface area contributed by atoms with Crippen molar-refractivity contribution >= 4 is 29.4 Å². The molecule has 1 heterocycles. The molecule has 6 atom stereocenters. The summed E-state index contributed by atoms with van der Waals surface area (Å²) in [4.78, 5) is 52.9. The number of allylic oxidation sites excluding steroid dienone is 2. The lowest BCUT2D eigenvalue weighted by molar-refractivity contribution is -0.144. The first-order valence-electron chi connectivity index (χ1n) is 12.6. The fraction of sp³-hybridized carbons (Fsp3) is 0.556. The van der Waals surface area contributed by atoms with E-state index in [4.69, 9.17) is 4.74 Å². The highest BCUT2D eigenvalue weighted by molar-refractivity contribution is 6.06. The molecule has 2 bridgehead atoms. The van der Waals surface area contributed by atoms with Crippen LogP contribution in [-0.2, 0) is 19.1 Å². The van der Waals surface area contributed by atoms with Crippen LogP contribution < -0.4 is 5.32 Å². The van der Waals surface area contributed by atoms with E-state index in [2.05, 4.69) is 17.5 Å². The number of hydrogen-bond donors (Lipinski definition) is 1. The number of nitrogens with one attached hydrogen (secondary N) is 1. The van der Waals surface area contributed by atoms with Gasteiger partial charge >= 0.3 is 5.97 Å². The molecule has 0 radical (unpaired) electrons. The van der Waals surface area contributed by atoms with Gasteiger partial charge < -0.3 is 10.1 Å². The second-order valence-electron chi connectivity index (χ2n) is 10.5. The number of ether oxygens (including phenoxy) is 1. The van der Waals surface area contributed by atoms with Crippen molar-refractivity contribution in [2.75, 3.05) is 11.9 Å². The molecule has 0 aromatic heterocycles. The molecular weight excluding hydrogens is 432 g/mol. The average molecular weight is 463 g/mol. The lowest BCUT2D eigenvalue weighted by atomic mass is 9.63. The van der Waals surface area contributed by atoms with Crippen molar-refractivity contribution in [3.05, 3.63) is 42.0 Å². The van der Waals surface area contributed by atoms with E-state index < -0.39 is 0 Å². The first-order valence-corrected chi connectivity index (χ1v) is 12.6. The van der Waals surface area contributed by atoms with Gasteiger partial charge in [0.15, 0.2) is 0 Å². The lowest BCUT2D eigenvalue weighted by Gasteiger charge is -2.37. The quantitative estimate of drug-likeness (QED) is 0.411. The smallest absolute Gasteiger partial charge is 0.338 e. The highest BCUT2D eigenvalue weighted by Gasteiger charge is 2.67. The third-order valence-corrected chi connectivity index (χ3v) is 8.79. The Balaban J connectivity index is 1.06. The molecule has 1 aliphatic heterocycles. The van der Waals surface area contributed by atoms with Crippen LogP contribution in [0.2, 0.25) is 0 Å². The summed E-state index contributed by atoms with van der Waals surface area (Å²) < 4.78 is 4.98. The fourth-order valence-electron chi connectivity index (χ4n) is 7.08. The first kappa shape index (κ1) is 21.6. The molecule has 4 fully saturated rings. The van der Waals surface area contributed by atoms with Crippen LogP contribution in [0.4, 0.5) is 5.69 Å². The largest absolute Gasteiger partial charge is 0.462 e. The summed E-state index contributed by atoms with van der Waals surface area (Å²) in [5.41, 5.74) is 1.08. The predicted octanol–water partition coefficient (Wildman–Crippen LogP) is 3.41. The molecule has 7 rings (SSSR count). The summed E-state index contributed by atoms with van der Waals surface area (Å²) in [7, 11) is 0. The third-order valence-electron chi connectivity index (χ3n) is 8.79. The first-order chi connectivity index (χ1) is 16.5. The number of esters is 1. The van der Waals surface area contributed by atoms with Crippen molar-refractivity contribution in [3.63, 3.8) is 0 Å². The van der Waals surface area contributed by atoms with Gasteiger partial charge in [-0.05, 0) is 87.0 Å². The maximum atomic E-state index is 13.3. The number of rotatable bonds is 5. The predicted molar refractivity (Wildman–Crippen MR) is 123 cm³/mol. The van der Waals surface area contributed by atoms with Crippen molar-refractivity contribution in [2.45, 2.75) is 45.1 Å². The van der Waals surface area contributed by atoms with Gasteiger partial charge in [0.2, 0.25) is 17.7 Å². The van der Waals surface area contributed by atoms with Gasteiger partial charge in [-0.3, -0.25) is 19.3 Å². The number of benzene rings is 1. The van der Waals surface area contributed by atoms with Crippen LogP contribution in [-0.4, -0.2) is 41.2 Å². The maximum absolute atomic E-state index is 13.3. The Morgan fingerprint density at radius 1 is 0.941 bits per heavy atom. The molecule has 3 amide bonds. The Morgan fingerprint density at radius 2 is 1.53 bits per heavy atom. The zero-order valence-electron chi connectivity index (χ0n) is 19.3. The van der Waals surface area contributed by atoms with Crippen molar-refractivity contribution in [3.8, 4) is 0 Å². The third kappa shape index (κ3) is 3.31. The van der Waals surface area contributed by atoms with Gasteiger partial charge in [0.1, 0.15) is 0 Å². The Bertz CT molecular complexity index is 1030. The Hall–Kier alpha value is -2.96. The molecule has 7 heteroatoms. The zero-order chi connectivity index (χ0) is 23.6. The van der Waals surface area contributed by atoms with E-state index in [9.17, 15) is 19.2 Å². The minimum atomic E-state index is -0.384. The minimum absolute atomic E-state index is 0.0364. The highest BCUT2D eigenvalue weighted by Crippen LogP contribution is 2.65. The van der Waals surface area contributed by atoms with E-state index in [-0.39, 0.29) is 59.3 Å². The van der Waals surface area contributed by atoms with Crippen LogP contribution in [0.25, 0.3) is 0 Å². The molecule has 1 saturated heterocycles. The highest BCUT2D eigenvalue weighted by atomic mass is 16.5.